The van der Waals surface area contributed by atoms with Gasteiger partial charge in [0.1, 0.15) is 11.5 Å². The highest BCUT2D eigenvalue weighted by Crippen LogP contribution is 2.26. The highest BCUT2D eigenvalue weighted by Gasteiger charge is 2.19. The summed E-state index contributed by atoms with van der Waals surface area (Å²) < 4.78 is 25.9. The highest BCUT2D eigenvalue weighted by atomic mass is 19.1. The molecule has 0 atom stereocenters. The quantitative estimate of drug-likeness (QED) is 0.646. The van der Waals surface area contributed by atoms with Gasteiger partial charge in [0.15, 0.2) is 0 Å². The number of nitrogens with two attached hydrogens (primary N) is 1. The Labute approximate surface area is 70.2 Å². The van der Waals surface area contributed by atoms with E-state index in [0.29, 0.717) is 5.56 Å². The molecule has 1 aromatic rings. The molecule has 0 aliphatic carbocycles. The molecule has 0 fully saturated rings. The normalized spacial score (nSPS) is 11.7. The number of alkyl halides is 1. The highest BCUT2D eigenvalue weighted by molar-refractivity contribution is 5.43. The molecule has 0 saturated heterocycles. The first-order chi connectivity index (χ1) is 5.41. The van der Waals surface area contributed by atoms with Crippen LogP contribution in [0.3, 0.4) is 0 Å². The lowest BCUT2D eigenvalue weighted by atomic mass is 10.00. The monoisotopic (exact) mass is 171 g/mol. The second kappa shape index (κ2) is 2.73. The first-order valence-corrected chi connectivity index (χ1v) is 3.65. The Hall–Kier alpha value is -1.12. The van der Waals surface area contributed by atoms with Crippen LogP contribution in [-0.4, -0.2) is 0 Å². The van der Waals surface area contributed by atoms with Gasteiger partial charge >= 0.3 is 0 Å². The van der Waals surface area contributed by atoms with Crippen molar-refractivity contribution in [2.24, 2.45) is 0 Å². The van der Waals surface area contributed by atoms with E-state index in [1.54, 1.807) is 0 Å². The topological polar surface area (TPSA) is 26.0 Å². The van der Waals surface area contributed by atoms with Gasteiger partial charge in [-0.15, -0.1) is 0 Å². The van der Waals surface area contributed by atoms with E-state index in [-0.39, 0.29) is 5.69 Å². The maximum Gasteiger partial charge on any atom is 0.146 e. The lowest BCUT2D eigenvalue weighted by molar-refractivity contribution is 0.221. The average molecular weight is 171 g/mol. The first-order valence-electron chi connectivity index (χ1n) is 3.65. The number of nitrogen functional groups attached to an aromatic ring is 1. The summed E-state index contributed by atoms with van der Waals surface area (Å²) in [6.07, 6.45) is 0. The summed E-state index contributed by atoms with van der Waals surface area (Å²) >= 11 is 0. The zero-order valence-electron chi connectivity index (χ0n) is 7.07. The van der Waals surface area contributed by atoms with Crippen molar-refractivity contribution in [1.82, 2.24) is 0 Å². The zero-order valence-corrected chi connectivity index (χ0v) is 7.07. The average Bonchev–Trinajstić information content (AvgIpc) is 1.92. The number of benzene rings is 1. The Bertz CT molecular complexity index is 289. The van der Waals surface area contributed by atoms with Crippen LogP contribution in [-0.2, 0) is 5.67 Å². The Balaban J connectivity index is 3.14. The van der Waals surface area contributed by atoms with Crippen LogP contribution in [0.15, 0.2) is 18.2 Å². The lowest BCUT2D eigenvalue weighted by Crippen LogP contribution is -2.09. The molecular formula is C9H11F2N. The van der Waals surface area contributed by atoms with Crippen LogP contribution in [0.4, 0.5) is 14.5 Å². The van der Waals surface area contributed by atoms with Crippen molar-refractivity contribution in [3.05, 3.63) is 29.6 Å². The van der Waals surface area contributed by atoms with E-state index in [1.807, 2.05) is 0 Å². The van der Waals surface area contributed by atoms with Crippen molar-refractivity contribution in [3.63, 3.8) is 0 Å². The Morgan fingerprint density at radius 3 is 2.33 bits per heavy atom. The van der Waals surface area contributed by atoms with Gasteiger partial charge in [-0.25, -0.2) is 8.78 Å². The number of hydrogen-bond donors (Lipinski definition) is 1. The lowest BCUT2D eigenvalue weighted by Gasteiger charge is -2.14. The van der Waals surface area contributed by atoms with Gasteiger partial charge in [-0.2, -0.15) is 0 Å². The van der Waals surface area contributed by atoms with Gasteiger partial charge in [0.05, 0.1) is 5.69 Å². The van der Waals surface area contributed by atoms with E-state index in [2.05, 4.69) is 0 Å². The molecule has 0 unspecified atom stereocenters. The van der Waals surface area contributed by atoms with Crippen molar-refractivity contribution in [1.29, 1.82) is 0 Å². The number of anilines is 1. The number of hydrogen-bond acceptors (Lipinski definition) is 1. The van der Waals surface area contributed by atoms with Gasteiger partial charge in [-0.3, -0.25) is 0 Å². The van der Waals surface area contributed by atoms with Crippen molar-refractivity contribution in [3.8, 4) is 0 Å². The second-order valence-corrected chi connectivity index (χ2v) is 3.21. The maximum atomic E-state index is 13.3. The summed E-state index contributed by atoms with van der Waals surface area (Å²) in [5.74, 6) is -0.511. The molecular weight excluding hydrogens is 160 g/mol. The minimum Gasteiger partial charge on any atom is -0.396 e. The predicted molar refractivity (Wildman–Crippen MR) is 44.9 cm³/mol. The molecule has 0 amide bonds. The molecule has 1 rings (SSSR count). The Morgan fingerprint density at radius 2 is 1.92 bits per heavy atom. The molecule has 0 aliphatic rings. The fraction of sp³-hybridized carbons (Fsp3) is 0.333. The summed E-state index contributed by atoms with van der Waals surface area (Å²) in [5.41, 5.74) is 4.18. The van der Waals surface area contributed by atoms with E-state index in [9.17, 15) is 8.78 Å². The van der Waals surface area contributed by atoms with Gasteiger partial charge in [-0.05, 0) is 31.5 Å². The van der Waals surface area contributed by atoms with Crippen LogP contribution < -0.4 is 5.73 Å². The number of halogens is 2. The Morgan fingerprint density at radius 1 is 1.33 bits per heavy atom. The van der Waals surface area contributed by atoms with E-state index in [4.69, 9.17) is 5.73 Å². The van der Waals surface area contributed by atoms with Crippen LogP contribution in [0.2, 0.25) is 0 Å². The summed E-state index contributed by atoms with van der Waals surface area (Å²) in [6.45, 7) is 2.80. The van der Waals surface area contributed by atoms with Crippen molar-refractivity contribution < 1.29 is 8.78 Å². The summed E-state index contributed by atoms with van der Waals surface area (Å²) in [5, 5.41) is 0. The molecule has 0 saturated carbocycles. The second-order valence-electron chi connectivity index (χ2n) is 3.21. The Kier molecular flexibility index (Phi) is 2.04. The fourth-order valence-corrected chi connectivity index (χ4v) is 0.914. The SMILES string of the molecule is CC(C)(F)c1ccc(F)c(N)c1. The first kappa shape index (κ1) is 8.97. The molecule has 0 aliphatic heterocycles. The minimum atomic E-state index is -1.47. The van der Waals surface area contributed by atoms with Crippen molar-refractivity contribution >= 4 is 5.69 Å². The minimum absolute atomic E-state index is 0.0155. The van der Waals surface area contributed by atoms with Crippen LogP contribution in [0, 0.1) is 5.82 Å². The summed E-state index contributed by atoms with van der Waals surface area (Å²) in [4.78, 5) is 0. The van der Waals surface area contributed by atoms with Gasteiger partial charge in [0.25, 0.3) is 0 Å². The number of rotatable bonds is 1. The fourth-order valence-electron chi connectivity index (χ4n) is 0.914. The van der Waals surface area contributed by atoms with Crippen LogP contribution in [0.25, 0.3) is 0 Å². The zero-order chi connectivity index (χ0) is 9.35. The predicted octanol–water partition coefficient (Wildman–Crippen LogP) is 2.61. The molecule has 12 heavy (non-hydrogen) atoms. The molecule has 0 spiro atoms. The standard InChI is InChI=1S/C9H11F2N/c1-9(2,11)6-3-4-7(10)8(12)5-6/h3-5H,12H2,1-2H3. The van der Waals surface area contributed by atoms with E-state index >= 15 is 0 Å². The third-order valence-electron chi connectivity index (χ3n) is 1.68. The van der Waals surface area contributed by atoms with Crippen molar-refractivity contribution in [2.45, 2.75) is 19.5 Å². The van der Waals surface area contributed by atoms with Crippen LogP contribution in [0.1, 0.15) is 19.4 Å². The van der Waals surface area contributed by atoms with Gasteiger partial charge in [0.2, 0.25) is 0 Å². The molecule has 1 aromatic carbocycles. The molecule has 1 nitrogen and oxygen atoms in total. The molecule has 3 heteroatoms. The summed E-state index contributed by atoms with van der Waals surface area (Å²) in [6, 6.07) is 3.88. The molecule has 0 heterocycles. The van der Waals surface area contributed by atoms with E-state index in [0.717, 1.165) is 0 Å². The van der Waals surface area contributed by atoms with E-state index in [1.165, 1.54) is 32.0 Å². The van der Waals surface area contributed by atoms with Gasteiger partial charge in [0, 0.05) is 0 Å². The maximum absolute atomic E-state index is 13.3. The van der Waals surface area contributed by atoms with Gasteiger partial charge in [-0.1, -0.05) is 6.07 Å². The van der Waals surface area contributed by atoms with Crippen molar-refractivity contribution in [2.75, 3.05) is 5.73 Å². The van der Waals surface area contributed by atoms with E-state index < -0.39 is 11.5 Å². The molecule has 66 valence electrons. The smallest absolute Gasteiger partial charge is 0.146 e. The molecule has 0 bridgehead atoms. The molecule has 0 aromatic heterocycles. The molecule has 0 radical (unpaired) electrons. The summed E-state index contributed by atoms with van der Waals surface area (Å²) in [7, 11) is 0. The largest absolute Gasteiger partial charge is 0.396 e. The third kappa shape index (κ3) is 1.72. The third-order valence-corrected chi connectivity index (χ3v) is 1.68. The van der Waals surface area contributed by atoms with Gasteiger partial charge < -0.3 is 5.73 Å². The van der Waals surface area contributed by atoms with Crippen LogP contribution >= 0.6 is 0 Å². The molecule has 2 N–H and O–H groups in total. The van der Waals surface area contributed by atoms with Crippen LogP contribution in [0.5, 0.6) is 0 Å².